The van der Waals surface area contributed by atoms with Crippen LogP contribution >= 0.6 is 15.9 Å². The van der Waals surface area contributed by atoms with Crippen LogP contribution in [0.2, 0.25) is 0 Å². The Kier molecular flexibility index (Phi) is 5.85. The average molecular weight is 470 g/mol. The smallest absolute Gasteiger partial charge is 0.287 e. The van der Waals surface area contributed by atoms with Gasteiger partial charge >= 0.3 is 0 Å². The van der Waals surface area contributed by atoms with Crippen molar-refractivity contribution in [1.29, 1.82) is 0 Å². The van der Waals surface area contributed by atoms with Gasteiger partial charge in [-0.2, -0.15) is 5.10 Å². The van der Waals surface area contributed by atoms with Gasteiger partial charge in [0.05, 0.1) is 24.1 Å². The predicted octanol–water partition coefficient (Wildman–Crippen LogP) is 4.34. The van der Waals surface area contributed by atoms with E-state index < -0.39 is 0 Å². The van der Waals surface area contributed by atoms with Gasteiger partial charge in [-0.15, -0.1) is 0 Å². The molecule has 0 unspecified atom stereocenters. The lowest BCUT2D eigenvalue weighted by Crippen LogP contribution is -2.23. The van der Waals surface area contributed by atoms with Crippen LogP contribution in [0.25, 0.3) is 0 Å². The monoisotopic (exact) mass is 469 g/mol. The number of rotatable bonds is 5. The van der Waals surface area contributed by atoms with Crippen molar-refractivity contribution in [2.75, 3.05) is 0 Å². The summed E-state index contributed by atoms with van der Waals surface area (Å²) in [7, 11) is 0. The van der Waals surface area contributed by atoms with Crippen molar-refractivity contribution in [3.05, 3.63) is 81.1 Å². The van der Waals surface area contributed by atoms with Gasteiger partial charge in [0.1, 0.15) is 11.5 Å². The minimum atomic E-state index is -0.310. The second kappa shape index (κ2) is 8.71. The Morgan fingerprint density at radius 1 is 1.13 bits per heavy atom. The first-order valence-electron chi connectivity index (χ1n) is 9.59. The SMILES string of the molecule is Cc1c(C(=O)NCc2ccco2)oc2c1/C(=N/NC(=O)c1ccccc1Br)CCC2. The molecule has 0 saturated carbocycles. The molecule has 1 aromatic carbocycles. The van der Waals surface area contributed by atoms with Crippen LogP contribution in [0.3, 0.4) is 0 Å². The molecule has 2 N–H and O–H groups in total. The summed E-state index contributed by atoms with van der Waals surface area (Å²) in [6.45, 7) is 2.11. The largest absolute Gasteiger partial charge is 0.467 e. The van der Waals surface area contributed by atoms with E-state index in [1.807, 2.05) is 13.0 Å². The van der Waals surface area contributed by atoms with E-state index in [9.17, 15) is 9.59 Å². The number of furan rings is 2. The van der Waals surface area contributed by atoms with Crippen LogP contribution in [0.5, 0.6) is 0 Å². The quantitative estimate of drug-likeness (QED) is 0.542. The maximum absolute atomic E-state index is 12.6. The number of hydrogen-bond donors (Lipinski definition) is 2. The minimum absolute atomic E-state index is 0.262. The van der Waals surface area contributed by atoms with E-state index in [1.54, 1.807) is 36.6 Å². The Balaban J connectivity index is 1.53. The van der Waals surface area contributed by atoms with Gasteiger partial charge in [-0.05, 0) is 60.0 Å². The van der Waals surface area contributed by atoms with Crippen LogP contribution in [0.15, 0.2) is 61.1 Å². The van der Waals surface area contributed by atoms with Gasteiger partial charge in [0.15, 0.2) is 5.76 Å². The Morgan fingerprint density at radius 2 is 1.97 bits per heavy atom. The number of hydrazone groups is 1. The van der Waals surface area contributed by atoms with Gasteiger partial charge in [0.25, 0.3) is 11.8 Å². The molecule has 2 amide bonds. The highest BCUT2D eigenvalue weighted by Gasteiger charge is 2.28. The van der Waals surface area contributed by atoms with Crippen LogP contribution in [0.4, 0.5) is 0 Å². The van der Waals surface area contributed by atoms with Crippen molar-refractivity contribution < 1.29 is 18.4 Å². The van der Waals surface area contributed by atoms with E-state index in [2.05, 4.69) is 31.8 Å². The molecule has 0 aliphatic heterocycles. The zero-order valence-electron chi connectivity index (χ0n) is 16.3. The number of halogens is 1. The Bertz CT molecular complexity index is 1120. The van der Waals surface area contributed by atoms with Crippen molar-refractivity contribution in [2.24, 2.45) is 5.10 Å². The highest BCUT2D eigenvalue weighted by atomic mass is 79.9. The van der Waals surface area contributed by atoms with Crippen molar-refractivity contribution in [3.8, 4) is 0 Å². The Labute approximate surface area is 181 Å². The highest BCUT2D eigenvalue weighted by Crippen LogP contribution is 2.30. The molecule has 7 nitrogen and oxygen atoms in total. The maximum Gasteiger partial charge on any atom is 0.287 e. The third-order valence-electron chi connectivity index (χ3n) is 4.95. The van der Waals surface area contributed by atoms with Crippen LogP contribution in [-0.4, -0.2) is 17.5 Å². The van der Waals surface area contributed by atoms with E-state index in [0.29, 0.717) is 27.9 Å². The van der Waals surface area contributed by atoms with Gasteiger partial charge in [-0.1, -0.05) is 12.1 Å². The van der Waals surface area contributed by atoms with E-state index in [-0.39, 0.29) is 24.1 Å². The molecule has 0 radical (unpaired) electrons. The lowest BCUT2D eigenvalue weighted by atomic mass is 9.93. The van der Waals surface area contributed by atoms with E-state index >= 15 is 0 Å². The number of nitrogens with one attached hydrogen (secondary N) is 2. The molecular weight excluding hydrogens is 450 g/mol. The number of aryl methyl sites for hydroxylation is 1. The van der Waals surface area contributed by atoms with Crippen molar-refractivity contribution >= 4 is 33.5 Å². The van der Waals surface area contributed by atoms with Gasteiger partial charge in [0.2, 0.25) is 0 Å². The first-order valence-corrected chi connectivity index (χ1v) is 10.4. The molecule has 154 valence electrons. The fourth-order valence-electron chi connectivity index (χ4n) is 3.48. The fourth-order valence-corrected chi connectivity index (χ4v) is 3.95. The Hall–Kier alpha value is -3.13. The van der Waals surface area contributed by atoms with E-state index in [1.165, 1.54) is 0 Å². The molecule has 8 heteroatoms. The molecule has 2 aromatic heterocycles. The van der Waals surface area contributed by atoms with Crippen molar-refractivity contribution in [1.82, 2.24) is 10.7 Å². The normalized spacial score (nSPS) is 14.4. The zero-order chi connectivity index (χ0) is 21.1. The summed E-state index contributed by atoms with van der Waals surface area (Å²) in [6, 6.07) is 10.7. The standard InChI is InChI=1S/C22H20BrN3O4/c1-13-19-17(25-26-21(27)15-7-2-3-8-16(15)23)9-4-10-18(19)30-20(13)22(28)24-12-14-6-5-11-29-14/h2-3,5-8,11H,4,9-10,12H2,1H3,(H,24,28)(H,26,27)/b25-17+. The van der Waals surface area contributed by atoms with Crippen molar-refractivity contribution in [3.63, 3.8) is 0 Å². The molecule has 0 fully saturated rings. The molecule has 0 saturated heterocycles. The second-order valence-corrected chi connectivity index (χ2v) is 7.80. The molecule has 0 spiro atoms. The van der Waals surface area contributed by atoms with Crippen LogP contribution in [0, 0.1) is 6.92 Å². The molecular formula is C22H20BrN3O4. The molecule has 4 rings (SSSR count). The van der Waals surface area contributed by atoms with Gasteiger partial charge < -0.3 is 14.2 Å². The number of carbonyl (C=O) groups is 2. The highest BCUT2D eigenvalue weighted by molar-refractivity contribution is 9.10. The third-order valence-corrected chi connectivity index (χ3v) is 5.64. The summed E-state index contributed by atoms with van der Waals surface area (Å²) in [6.07, 6.45) is 3.80. The summed E-state index contributed by atoms with van der Waals surface area (Å²) in [5.74, 6) is 1.03. The summed E-state index contributed by atoms with van der Waals surface area (Å²) in [4.78, 5) is 25.1. The lowest BCUT2D eigenvalue weighted by Gasteiger charge is -2.13. The van der Waals surface area contributed by atoms with Crippen LogP contribution < -0.4 is 10.7 Å². The van der Waals surface area contributed by atoms with Crippen molar-refractivity contribution in [2.45, 2.75) is 32.7 Å². The van der Waals surface area contributed by atoms with E-state index in [4.69, 9.17) is 8.83 Å². The first kappa shape index (κ1) is 20.2. The summed E-state index contributed by atoms with van der Waals surface area (Å²) < 4.78 is 11.8. The number of benzene rings is 1. The fraction of sp³-hybridized carbons (Fsp3) is 0.227. The minimum Gasteiger partial charge on any atom is -0.467 e. The molecule has 2 heterocycles. The number of nitrogens with zero attached hydrogens (tertiary/aromatic N) is 1. The molecule has 1 aliphatic rings. The second-order valence-electron chi connectivity index (χ2n) is 6.95. The summed E-state index contributed by atoms with van der Waals surface area (Å²) in [5, 5.41) is 7.15. The van der Waals surface area contributed by atoms with Gasteiger partial charge in [0, 0.05) is 22.0 Å². The molecule has 0 bridgehead atoms. The molecule has 3 aromatic rings. The summed E-state index contributed by atoms with van der Waals surface area (Å²) in [5.41, 5.74) is 5.36. The average Bonchev–Trinajstić information content (AvgIpc) is 3.39. The number of carbonyl (C=O) groups excluding carboxylic acids is 2. The lowest BCUT2D eigenvalue weighted by molar-refractivity contribution is 0.0916. The van der Waals surface area contributed by atoms with E-state index in [0.717, 1.165) is 29.7 Å². The number of fused-ring (bicyclic) bond motifs is 1. The molecule has 0 atom stereocenters. The zero-order valence-corrected chi connectivity index (χ0v) is 17.9. The summed E-state index contributed by atoms with van der Waals surface area (Å²) >= 11 is 3.37. The number of hydrogen-bond acceptors (Lipinski definition) is 5. The Morgan fingerprint density at radius 3 is 2.73 bits per heavy atom. The number of amides is 2. The topological polar surface area (TPSA) is 96.8 Å². The molecule has 30 heavy (non-hydrogen) atoms. The van der Waals surface area contributed by atoms with Gasteiger partial charge in [-0.3, -0.25) is 9.59 Å². The van der Waals surface area contributed by atoms with Crippen LogP contribution in [-0.2, 0) is 13.0 Å². The third kappa shape index (κ3) is 4.09. The van der Waals surface area contributed by atoms with Crippen LogP contribution in [0.1, 0.15) is 56.4 Å². The molecule has 1 aliphatic carbocycles. The maximum atomic E-state index is 12.6. The first-order chi connectivity index (χ1) is 14.5. The van der Waals surface area contributed by atoms with Gasteiger partial charge in [-0.25, -0.2) is 5.43 Å². The predicted molar refractivity (Wildman–Crippen MR) is 114 cm³/mol.